The summed E-state index contributed by atoms with van der Waals surface area (Å²) in [6.45, 7) is 11.0. The van der Waals surface area contributed by atoms with E-state index in [1.807, 2.05) is 6.92 Å². The highest BCUT2D eigenvalue weighted by Gasteiger charge is 2.52. The number of esters is 1. The molecular weight excluding hydrogens is 454 g/mol. The highest BCUT2D eigenvalue weighted by Crippen LogP contribution is 2.47. The number of ether oxygens (including phenoxy) is 1. The lowest BCUT2D eigenvalue weighted by Gasteiger charge is -2.32. The molecule has 0 aromatic rings. The maximum absolute atomic E-state index is 12.5. The molecule has 0 N–H and O–H groups in total. The lowest BCUT2D eigenvalue weighted by Crippen LogP contribution is -2.41. The zero-order valence-electron chi connectivity index (χ0n) is 15.9. The zero-order valence-corrected chi connectivity index (χ0v) is 18.9. The fourth-order valence-corrected chi connectivity index (χ4v) is 4.38. The molecule has 1 saturated carbocycles. The summed E-state index contributed by atoms with van der Waals surface area (Å²) in [6, 6.07) is 0. The first-order chi connectivity index (χ1) is 11.7. The van der Waals surface area contributed by atoms with Gasteiger partial charge in [-0.15, -0.1) is 0 Å². The monoisotopic (exact) mass is 484 g/mol. The second kappa shape index (κ2) is 8.67. The second-order valence-corrected chi connectivity index (χ2v) is 9.64. The van der Waals surface area contributed by atoms with Crippen molar-refractivity contribution in [1.82, 2.24) is 0 Å². The Kier molecular flexibility index (Phi) is 7.56. The summed E-state index contributed by atoms with van der Waals surface area (Å²) in [6.07, 6.45) is 4.53. The van der Waals surface area contributed by atoms with Crippen LogP contribution in [0.25, 0.3) is 0 Å². The Labute approximate surface area is 168 Å². The lowest BCUT2D eigenvalue weighted by molar-refractivity contribution is -0.157. The van der Waals surface area contributed by atoms with Gasteiger partial charge in [0.25, 0.3) is 0 Å². The van der Waals surface area contributed by atoms with Gasteiger partial charge in [0.1, 0.15) is 0 Å². The predicted octanol–water partition coefficient (Wildman–Crippen LogP) is 4.83. The molecule has 2 atom stereocenters. The van der Waals surface area contributed by atoms with Crippen molar-refractivity contribution in [3.05, 3.63) is 0 Å². The molecule has 0 bridgehead atoms. The Morgan fingerprint density at radius 3 is 2.48 bits per heavy atom. The van der Waals surface area contributed by atoms with E-state index in [1.165, 1.54) is 9.21 Å². The molecule has 1 aliphatic heterocycles. The van der Waals surface area contributed by atoms with Crippen molar-refractivity contribution in [2.75, 3.05) is 13.2 Å². The van der Waals surface area contributed by atoms with Crippen LogP contribution in [-0.4, -0.2) is 37.5 Å². The maximum atomic E-state index is 12.5. The number of halogens is 1. The summed E-state index contributed by atoms with van der Waals surface area (Å²) in [4.78, 5) is 12.5. The van der Waals surface area contributed by atoms with Gasteiger partial charge in [0.05, 0.1) is 39.0 Å². The molecule has 8 heteroatoms. The van der Waals surface area contributed by atoms with Crippen LogP contribution in [0.4, 0.5) is 0 Å². The van der Waals surface area contributed by atoms with Crippen LogP contribution >= 0.6 is 30.4 Å². The van der Waals surface area contributed by atoms with E-state index in [4.69, 9.17) is 18.2 Å². The average molecular weight is 484 g/mol. The van der Waals surface area contributed by atoms with E-state index in [0.717, 1.165) is 32.0 Å². The van der Waals surface area contributed by atoms with Gasteiger partial charge in [-0.2, -0.15) is 0 Å². The Balaban J connectivity index is 1.89. The van der Waals surface area contributed by atoms with Gasteiger partial charge in [-0.05, 0) is 66.1 Å². The number of hydrogen-bond acceptors (Lipinski definition) is 6. The molecule has 0 aromatic carbocycles. The van der Waals surface area contributed by atoms with Crippen molar-refractivity contribution in [3.63, 3.8) is 0 Å². The summed E-state index contributed by atoms with van der Waals surface area (Å²) < 4.78 is 23.0. The number of hydrogen-bond donors (Lipinski definition) is 0. The van der Waals surface area contributed by atoms with Gasteiger partial charge in [-0.25, -0.2) is 0 Å². The van der Waals surface area contributed by atoms with Crippen LogP contribution in [0.1, 0.15) is 60.3 Å². The quantitative estimate of drug-likeness (QED) is 0.213. The largest absolute Gasteiger partial charge is 0.465 e. The van der Waals surface area contributed by atoms with E-state index < -0.39 is 5.41 Å². The number of rotatable bonds is 8. The third-order valence-electron chi connectivity index (χ3n) is 5.91. The molecule has 5 nitrogen and oxygen atoms in total. The molecule has 2 unspecified atom stereocenters. The van der Waals surface area contributed by atoms with Crippen LogP contribution in [0.2, 0.25) is 6.32 Å². The Hall–Kier alpha value is 0.495. The third-order valence-corrected chi connectivity index (χ3v) is 6.88. The van der Waals surface area contributed by atoms with Gasteiger partial charge in [0.15, 0.2) is 0 Å². The van der Waals surface area contributed by atoms with Crippen LogP contribution < -0.4 is 0 Å². The summed E-state index contributed by atoms with van der Waals surface area (Å²) in [5.41, 5.74) is -1.06. The van der Waals surface area contributed by atoms with Gasteiger partial charge in [-0.3, -0.25) is 4.79 Å². The van der Waals surface area contributed by atoms with Crippen molar-refractivity contribution in [2.24, 2.45) is 11.3 Å². The lowest BCUT2D eigenvalue weighted by atomic mass is 9.78. The molecule has 0 radical (unpaired) electrons. The van der Waals surface area contributed by atoms with E-state index in [2.05, 4.69) is 48.9 Å². The van der Waals surface area contributed by atoms with Crippen LogP contribution in [-0.2, 0) is 23.0 Å². The fraction of sp³-hybridized carbons (Fsp3) is 0.941. The van der Waals surface area contributed by atoms with Crippen molar-refractivity contribution in [3.8, 4) is 0 Å². The van der Waals surface area contributed by atoms with E-state index in [1.54, 1.807) is 0 Å². The Morgan fingerprint density at radius 1 is 1.28 bits per heavy atom. The molecule has 144 valence electrons. The molecule has 1 saturated heterocycles. The predicted molar refractivity (Wildman–Crippen MR) is 109 cm³/mol. The van der Waals surface area contributed by atoms with Crippen molar-refractivity contribution in [1.29, 1.82) is 0 Å². The summed E-state index contributed by atoms with van der Waals surface area (Å²) in [5, 5.41) is 0. The van der Waals surface area contributed by atoms with Crippen molar-refractivity contribution < 1.29 is 23.0 Å². The maximum Gasteiger partial charge on any atom is 0.457 e. The molecule has 0 amide bonds. The highest BCUT2D eigenvalue weighted by molar-refractivity contribution is 14.2. The molecule has 2 fully saturated rings. The van der Waals surface area contributed by atoms with Gasteiger partial charge in [0.2, 0.25) is 0 Å². The fourth-order valence-electron chi connectivity index (χ4n) is 3.73. The molecule has 1 aliphatic carbocycles. The van der Waals surface area contributed by atoms with Gasteiger partial charge < -0.3 is 18.2 Å². The first-order valence-electron chi connectivity index (χ1n) is 9.09. The van der Waals surface area contributed by atoms with Crippen LogP contribution in [0, 0.1) is 11.3 Å². The first kappa shape index (κ1) is 21.8. The first-order valence-corrected chi connectivity index (χ1v) is 12.4. The summed E-state index contributed by atoms with van der Waals surface area (Å²) in [5.74, 6) is 0.366. The second-order valence-electron chi connectivity index (χ2n) is 8.20. The van der Waals surface area contributed by atoms with E-state index >= 15 is 0 Å². The highest BCUT2D eigenvalue weighted by atomic mass is 127. The van der Waals surface area contributed by atoms with E-state index in [0.29, 0.717) is 19.1 Å². The molecule has 1 heterocycles. The smallest absolute Gasteiger partial charge is 0.457 e. The summed E-state index contributed by atoms with van der Waals surface area (Å²) in [7, 11) is 1.12. The Bertz CT molecular complexity index is 460. The minimum absolute atomic E-state index is 0.112. The molecule has 0 spiro atoms. The number of carbonyl (C=O) groups is 1. The standard InChI is InChI=1S/C17H30BIO5S/c1-6-21-14(20)17(12-22-25-19)9-7-13(11-17)8-10-18-23-15(2,3)16(4,5)24-18/h13H,6-12H2,1-5H3. The normalized spacial score (nSPS) is 30.6. The van der Waals surface area contributed by atoms with Crippen LogP contribution in [0.5, 0.6) is 0 Å². The Morgan fingerprint density at radius 2 is 1.92 bits per heavy atom. The van der Waals surface area contributed by atoms with Crippen LogP contribution in [0.3, 0.4) is 0 Å². The minimum atomic E-state index is -0.491. The van der Waals surface area contributed by atoms with Gasteiger partial charge in [-0.1, -0.05) is 6.42 Å². The van der Waals surface area contributed by atoms with E-state index in [-0.39, 0.29) is 24.3 Å². The third kappa shape index (κ3) is 5.06. The minimum Gasteiger partial charge on any atom is -0.465 e. The van der Waals surface area contributed by atoms with Crippen molar-refractivity contribution >= 4 is 43.5 Å². The molecule has 2 aliphatic rings. The SMILES string of the molecule is CCOC(=O)C1(COSI)CCC(CCB2OC(C)(C)C(C)(C)O2)C1. The molecule has 2 rings (SSSR count). The average Bonchev–Trinajstić information content (AvgIpc) is 3.03. The number of carbonyl (C=O) groups excluding carboxylic acids is 1. The summed E-state index contributed by atoms with van der Waals surface area (Å²) >= 11 is 2.09. The van der Waals surface area contributed by atoms with E-state index in [9.17, 15) is 4.79 Å². The van der Waals surface area contributed by atoms with Crippen LogP contribution in [0.15, 0.2) is 0 Å². The zero-order chi connectivity index (χ0) is 18.7. The molecule has 25 heavy (non-hydrogen) atoms. The molecule has 0 aromatic heterocycles. The molecular formula is C17H30BIO5S. The van der Waals surface area contributed by atoms with Gasteiger partial charge in [0, 0.05) is 21.2 Å². The topological polar surface area (TPSA) is 54.0 Å². The van der Waals surface area contributed by atoms with Crippen molar-refractivity contribution in [2.45, 2.75) is 77.8 Å². The van der Waals surface area contributed by atoms with Gasteiger partial charge >= 0.3 is 13.1 Å².